The summed E-state index contributed by atoms with van der Waals surface area (Å²) < 4.78 is 32.4. The molecule has 1 aliphatic heterocycles. The number of para-hydroxylation sites is 1. The monoisotopic (exact) mass is 469 g/mol. The fourth-order valence-electron chi connectivity index (χ4n) is 3.16. The Balaban J connectivity index is 1.89. The number of anilines is 2. The lowest BCUT2D eigenvalue weighted by molar-refractivity contribution is 0.104. The summed E-state index contributed by atoms with van der Waals surface area (Å²) in [4.78, 5) is 14.7. The second kappa shape index (κ2) is 7.50. The number of Topliss-reactive ketones (excluding diaryl/α,β-unsaturated/α-hetero) is 1. The third-order valence-electron chi connectivity index (χ3n) is 4.61. The van der Waals surface area contributed by atoms with Gasteiger partial charge >= 0.3 is 0 Å². The molecule has 0 saturated heterocycles. The van der Waals surface area contributed by atoms with E-state index in [-0.39, 0.29) is 15.4 Å². The number of sulfone groups is 1. The Morgan fingerprint density at radius 1 is 0.966 bits per heavy atom. The largest absolute Gasteiger partial charge is 0.497 e. The number of methoxy groups -OCH3 is 1. The number of fused-ring (bicyclic) bond motifs is 1. The first kappa shape index (κ1) is 19.4. The Hall–Kier alpha value is -2.90. The first-order chi connectivity index (χ1) is 13.9. The molecule has 3 aromatic rings. The van der Waals surface area contributed by atoms with Gasteiger partial charge < -0.3 is 9.64 Å². The van der Waals surface area contributed by atoms with Crippen molar-refractivity contribution in [2.75, 3.05) is 12.0 Å². The maximum Gasteiger partial charge on any atom is 0.214 e. The number of ketones is 1. The predicted octanol–water partition coefficient (Wildman–Crippen LogP) is 5.11. The normalized spacial score (nSPS) is 14.7. The molecule has 0 spiro atoms. The molecule has 0 aliphatic carbocycles. The van der Waals surface area contributed by atoms with Gasteiger partial charge in [0.05, 0.1) is 17.7 Å². The molecule has 146 valence electrons. The first-order valence-corrected chi connectivity index (χ1v) is 11.0. The zero-order valence-corrected chi connectivity index (χ0v) is 17.8. The summed E-state index contributed by atoms with van der Waals surface area (Å²) in [6, 6.07) is 20.5. The second-order valence-electron chi connectivity index (χ2n) is 6.37. The lowest BCUT2D eigenvalue weighted by Gasteiger charge is -2.29. The molecule has 5 nitrogen and oxygen atoms in total. The number of carbonyl (C=O) groups is 1. The van der Waals surface area contributed by atoms with E-state index in [1.165, 1.54) is 19.4 Å². The fourth-order valence-corrected chi connectivity index (χ4v) is 5.09. The Morgan fingerprint density at radius 3 is 2.38 bits per heavy atom. The molecule has 0 aromatic heterocycles. The third kappa shape index (κ3) is 3.47. The SMILES string of the molecule is COc1ccc(C(=O)C2=CN(c3cccc(Br)c3)c3ccccc3S2(=O)=O)cc1. The van der Waals surface area contributed by atoms with Crippen molar-refractivity contribution >= 4 is 42.9 Å². The lowest BCUT2D eigenvalue weighted by atomic mass is 10.1. The highest BCUT2D eigenvalue weighted by Crippen LogP contribution is 2.40. The molecule has 1 heterocycles. The molecule has 0 N–H and O–H groups in total. The molecule has 1 aliphatic rings. The van der Waals surface area contributed by atoms with E-state index < -0.39 is 15.6 Å². The first-order valence-electron chi connectivity index (χ1n) is 8.71. The van der Waals surface area contributed by atoms with Crippen LogP contribution < -0.4 is 9.64 Å². The van der Waals surface area contributed by atoms with Crippen LogP contribution in [0, 0.1) is 0 Å². The number of nitrogens with zero attached hydrogens (tertiary/aromatic N) is 1. The molecular formula is C22H16BrNO4S. The average molecular weight is 470 g/mol. The summed E-state index contributed by atoms with van der Waals surface area (Å²) in [5.41, 5.74) is 1.51. The standard InChI is InChI=1S/C22H16BrNO4S/c1-28-18-11-9-15(10-12-18)22(25)21-14-24(17-6-4-5-16(23)13-17)19-7-2-3-8-20(19)29(21,26)27/h2-14H,1H3. The molecule has 29 heavy (non-hydrogen) atoms. The van der Waals surface area contributed by atoms with Gasteiger partial charge in [-0.2, -0.15) is 0 Å². The van der Waals surface area contributed by atoms with Crippen molar-refractivity contribution in [2.45, 2.75) is 4.90 Å². The van der Waals surface area contributed by atoms with E-state index in [2.05, 4.69) is 15.9 Å². The van der Waals surface area contributed by atoms with Crippen molar-refractivity contribution in [1.82, 2.24) is 0 Å². The van der Waals surface area contributed by atoms with E-state index in [4.69, 9.17) is 4.74 Å². The zero-order chi connectivity index (χ0) is 20.6. The Labute approximate surface area is 177 Å². The minimum Gasteiger partial charge on any atom is -0.497 e. The Kier molecular flexibility index (Phi) is 5.02. The summed E-state index contributed by atoms with van der Waals surface area (Å²) in [5, 5.41) is 0. The van der Waals surface area contributed by atoms with E-state index in [0.717, 1.165) is 10.2 Å². The van der Waals surface area contributed by atoms with E-state index >= 15 is 0 Å². The van der Waals surface area contributed by atoms with Crippen LogP contribution >= 0.6 is 15.9 Å². The van der Waals surface area contributed by atoms with Gasteiger partial charge in [-0.15, -0.1) is 0 Å². The Morgan fingerprint density at radius 2 is 1.69 bits per heavy atom. The van der Waals surface area contributed by atoms with Crippen LogP contribution in [0.15, 0.2) is 93.3 Å². The van der Waals surface area contributed by atoms with Gasteiger partial charge in [-0.1, -0.05) is 34.1 Å². The summed E-state index contributed by atoms with van der Waals surface area (Å²) in [6.45, 7) is 0. The molecular weight excluding hydrogens is 454 g/mol. The molecule has 0 atom stereocenters. The average Bonchev–Trinajstić information content (AvgIpc) is 2.73. The van der Waals surface area contributed by atoms with Crippen LogP contribution in [-0.4, -0.2) is 21.3 Å². The lowest BCUT2D eigenvalue weighted by Crippen LogP contribution is -2.25. The highest BCUT2D eigenvalue weighted by molar-refractivity contribution is 9.10. The smallest absolute Gasteiger partial charge is 0.214 e. The highest BCUT2D eigenvalue weighted by Gasteiger charge is 2.36. The molecule has 7 heteroatoms. The zero-order valence-electron chi connectivity index (χ0n) is 15.4. The van der Waals surface area contributed by atoms with Crippen LogP contribution in [0.3, 0.4) is 0 Å². The van der Waals surface area contributed by atoms with Gasteiger partial charge in [-0.3, -0.25) is 4.79 Å². The molecule has 3 aromatic carbocycles. The van der Waals surface area contributed by atoms with Gasteiger partial charge in [0.1, 0.15) is 10.7 Å². The van der Waals surface area contributed by atoms with Crippen LogP contribution in [0.5, 0.6) is 5.75 Å². The van der Waals surface area contributed by atoms with Crippen molar-refractivity contribution in [3.63, 3.8) is 0 Å². The van der Waals surface area contributed by atoms with E-state index in [1.54, 1.807) is 47.4 Å². The van der Waals surface area contributed by atoms with Crippen LogP contribution in [0.2, 0.25) is 0 Å². The predicted molar refractivity (Wildman–Crippen MR) is 115 cm³/mol. The maximum atomic E-state index is 13.2. The summed E-state index contributed by atoms with van der Waals surface area (Å²) in [5.74, 6) is 0.0188. The number of hydrogen-bond acceptors (Lipinski definition) is 5. The van der Waals surface area contributed by atoms with Crippen molar-refractivity contribution in [2.24, 2.45) is 0 Å². The number of allylic oxidation sites excluding steroid dienone is 1. The number of ether oxygens (including phenoxy) is 1. The van der Waals surface area contributed by atoms with Gasteiger partial charge in [-0.05, 0) is 54.6 Å². The van der Waals surface area contributed by atoms with Crippen molar-refractivity contribution < 1.29 is 17.9 Å². The van der Waals surface area contributed by atoms with Crippen LogP contribution in [0.1, 0.15) is 10.4 Å². The van der Waals surface area contributed by atoms with E-state index in [9.17, 15) is 13.2 Å². The van der Waals surface area contributed by atoms with Crippen LogP contribution in [0.25, 0.3) is 0 Å². The molecule has 0 radical (unpaired) electrons. The number of rotatable bonds is 4. The van der Waals surface area contributed by atoms with Crippen molar-refractivity contribution in [1.29, 1.82) is 0 Å². The summed E-state index contributed by atoms with van der Waals surface area (Å²) in [6.07, 6.45) is 1.39. The number of halogens is 1. The molecule has 0 amide bonds. The highest BCUT2D eigenvalue weighted by atomic mass is 79.9. The van der Waals surface area contributed by atoms with Crippen LogP contribution in [0.4, 0.5) is 11.4 Å². The maximum absolute atomic E-state index is 13.2. The molecule has 0 fully saturated rings. The van der Waals surface area contributed by atoms with Gasteiger partial charge in [0.15, 0.2) is 0 Å². The summed E-state index contributed by atoms with van der Waals surface area (Å²) >= 11 is 3.44. The quantitative estimate of drug-likeness (QED) is 0.496. The third-order valence-corrected chi connectivity index (χ3v) is 6.90. The number of benzene rings is 3. The van der Waals surface area contributed by atoms with E-state index in [1.807, 2.05) is 24.3 Å². The number of carbonyl (C=O) groups excluding carboxylic acids is 1. The Bertz CT molecular complexity index is 1230. The van der Waals surface area contributed by atoms with Gasteiger partial charge in [0.25, 0.3) is 0 Å². The van der Waals surface area contributed by atoms with Gasteiger partial charge in [0, 0.05) is 21.9 Å². The van der Waals surface area contributed by atoms with Gasteiger partial charge in [-0.25, -0.2) is 8.42 Å². The number of hydrogen-bond donors (Lipinski definition) is 0. The van der Waals surface area contributed by atoms with Crippen molar-refractivity contribution in [3.05, 3.63) is 93.9 Å². The second-order valence-corrected chi connectivity index (χ2v) is 9.17. The topological polar surface area (TPSA) is 63.7 Å². The molecule has 4 rings (SSSR count). The molecule has 0 bridgehead atoms. The summed E-state index contributed by atoms with van der Waals surface area (Å²) in [7, 11) is -2.44. The van der Waals surface area contributed by atoms with E-state index in [0.29, 0.717) is 11.4 Å². The van der Waals surface area contributed by atoms with Gasteiger partial charge in [0.2, 0.25) is 15.6 Å². The molecule has 0 saturated carbocycles. The molecule has 0 unspecified atom stereocenters. The minimum atomic E-state index is -3.97. The minimum absolute atomic E-state index is 0.0966. The fraction of sp³-hybridized carbons (Fsp3) is 0.0455. The van der Waals surface area contributed by atoms with Crippen molar-refractivity contribution in [3.8, 4) is 5.75 Å². The van der Waals surface area contributed by atoms with Crippen LogP contribution in [-0.2, 0) is 9.84 Å².